The van der Waals surface area contributed by atoms with Gasteiger partial charge in [-0.15, -0.1) is 0 Å². The number of aromatic nitrogens is 2. The molecule has 4 aromatic heterocycles. The Kier molecular flexibility index (Phi) is 6.47. The number of pyridine rings is 2. The molecule has 0 unspecified atom stereocenters. The highest BCUT2D eigenvalue weighted by Crippen LogP contribution is 2.27. The van der Waals surface area contributed by atoms with Crippen molar-refractivity contribution in [3.8, 4) is 11.8 Å². The number of ether oxygens (including phenoxy) is 1. The summed E-state index contributed by atoms with van der Waals surface area (Å²) in [6.45, 7) is 3.72. The van der Waals surface area contributed by atoms with Crippen molar-refractivity contribution in [2.45, 2.75) is 26.7 Å². The molecule has 6 aromatic rings. The van der Waals surface area contributed by atoms with Gasteiger partial charge < -0.3 is 25.0 Å². The fourth-order valence-corrected chi connectivity index (χ4v) is 4.95. The average Bonchev–Trinajstić information content (AvgIpc) is 2.93. The summed E-state index contributed by atoms with van der Waals surface area (Å²) in [5, 5.41) is 1.38. The van der Waals surface area contributed by atoms with E-state index in [2.05, 4.69) is 9.97 Å². The number of nitrogen functional groups attached to an aromatic ring is 2. The third kappa shape index (κ3) is 5.12. The maximum absolute atomic E-state index is 12.8. The molecule has 4 heterocycles. The van der Waals surface area contributed by atoms with Crippen molar-refractivity contribution in [2.24, 2.45) is 0 Å². The summed E-state index contributed by atoms with van der Waals surface area (Å²) in [7, 11) is 0. The van der Waals surface area contributed by atoms with Gasteiger partial charge >= 0.3 is 11.3 Å². The van der Waals surface area contributed by atoms with Gasteiger partial charge in [0.1, 0.15) is 0 Å². The minimum absolute atomic E-state index is 0.149. The van der Waals surface area contributed by atoms with E-state index in [4.69, 9.17) is 25.0 Å². The SMILES string of the molecule is Cc1c(Cc2cccc(N)c2)c(=O)oc2nc(Oc3ccc4c(C)c(Cc5cccc(N)c5)c(=O)oc4n3)ccc12. The van der Waals surface area contributed by atoms with Crippen molar-refractivity contribution >= 4 is 33.6 Å². The summed E-state index contributed by atoms with van der Waals surface area (Å²) in [4.78, 5) is 34.5. The summed E-state index contributed by atoms with van der Waals surface area (Å²) in [6, 6.07) is 21.7. The smallest absolute Gasteiger partial charge is 0.341 e. The highest BCUT2D eigenvalue weighted by Gasteiger charge is 2.16. The molecule has 9 heteroatoms. The van der Waals surface area contributed by atoms with Gasteiger partial charge in [0.25, 0.3) is 0 Å². The Bertz CT molecular complexity index is 1930. The van der Waals surface area contributed by atoms with Gasteiger partial charge in [-0.3, -0.25) is 0 Å². The topological polar surface area (TPSA) is 147 Å². The number of hydrogen-bond acceptors (Lipinski definition) is 9. The van der Waals surface area contributed by atoms with Crippen molar-refractivity contribution in [1.29, 1.82) is 0 Å². The molecule has 41 heavy (non-hydrogen) atoms. The van der Waals surface area contributed by atoms with Crippen LogP contribution in [-0.2, 0) is 12.8 Å². The first-order valence-corrected chi connectivity index (χ1v) is 13.0. The Morgan fingerprint density at radius 1 is 0.659 bits per heavy atom. The molecule has 204 valence electrons. The number of fused-ring (bicyclic) bond motifs is 2. The van der Waals surface area contributed by atoms with E-state index in [0.717, 1.165) is 22.3 Å². The lowest BCUT2D eigenvalue weighted by atomic mass is 10.0. The number of benzene rings is 2. The largest absolute Gasteiger partial charge is 0.420 e. The van der Waals surface area contributed by atoms with Gasteiger partial charge in [-0.2, -0.15) is 9.97 Å². The van der Waals surface area contributed by atoms with E-state index in [0.29, 0.717) is 46.1 Å². The predicted molar refractivity (Wildman–Crippen MR) is 157 cm³/mol. The molecule has 0 bridgehead atoms. The minimum atomic E-state index is -0.475. The maximum atomic E-state index is 12.8. The van der Waals surface area contributed by atoms with E-state index in [1.165, 1.54) is 0 Å². The van der Waals surface area contributed by atoms with Crippen molar-refractivity contribution in [3.63, 3.8) is 0 Å². The summed E-state index contributed by atoms with van der Waals surface area (Å²) >= 11 is 0. The lowest BCUT2D eigenvalue weighted by Gasteiger charge is -2.10. The number of nitrogens with zero attached hydrogens (tertiary/aromatic N) is 2. The van der Waals surface area contributed by atoms with Gasteiger partial charge in [0, 0.05) is 58.2 Å². The van der Waals surface area contributed by atoms with Gasteiger partial charge in [-0.25, -0.2) is 9.59 Å². The average molecular weight is 547 g/mol. The zero-order chi connectivity index (χ0) is 28.7. The van der Waals surface area contributed by atoms with Crippen LogP contribution in [0.5, 0.6) is 11.8 Å². The van der Waals surface area contributed by atoms with Crippen LogP contribution in [0.2, 0.25) is 0 Å². The van der Waals surface area contributed by atoms with E-state index in [1.54, 1.807) is 36.4 Å². The third-order valence-corrected chi connectivity index (χ3v) is 7.13. The molecular formula is C32H26N4O5. The van der Waals surface area contributed by atoms with Crippen molar-refractivity contribution in [1.82, 2.24) is 9.97 Å². The molecule has 0 aliphatic carbocycles. The monoisotopic (exact) mass is 546 g/mol. The van der Waals surface area contributed by atoms with E-state index in [-0.39, 0.29) is 23.2 Å². The predicted octanol–water partition coefficient (Wildman–Crippen LogP) is 5.44. The normalized spacial score (nSPS) is 11.3. The van der Waals surface area contributed by atoms with Gasteiger partial charge in [0.15, 0.2) is 0 Å². The zero-order valence-corrected chi connectivity index (χ0v) is 22.4. The molecule has 0 saturated heterocycles. The van der Waals surface area contributed by atoms with Crippen molar-refractivity contribution in [3.05, 3.63) is 127 Å². The van der Waals surface area contributed by atoms with Gasteiger partial charge in [-0.1, -0.05) is 24.3 Å². The number of nitrogens with two attached hydrogens (primary N) is 2. The second-order valence-electron chi connectivity index (χ2n) is 9.94. The molecule has 2 aromatic carbocycles. The number of hydrogen-bond donors (Lipinski definition) is 2. The molecule has 6 rings (SSSR count). The van der Waals surface area contributed by atoms with Gasteiger partial charge in [0.2, 0.25) is 23.2 Å². The molecule has 0 saturated carbocycles. The van der Waals surface area contributed by atoms with Crippen LogP contribution in [0.25, 0.3) is 22.2 Å². The Hall–Kier alpha value is -5.44. The van der Waals surface area contributed by atoms with Crippen LogP contribution in [0.3, 0.4) is 0 Å². The van der Waals surface area contributed by atoms with Crippen molar-refractivity contribution in [2.75, 3.05) is 11.5 Å². The lowest BCUT2D eigenvalue weighted by Crippen LogP contribution is -2.12. The number of anilines is 2. The molecule has 0 radical (unpaired) electrons. The second-order valence-corrected chi connectivity index (χ2v) is 9.94. The molecule has 4 N–H and O–H groups in total. The van der Waals surface area contributed by atoms with Crippen LogP contribution in [-0.4, -0.2) is 9.97 Å². The third-order valence-electron chi connectivity index (χ3n) is 7.13. The second kappa shape index (κ2) is 10.3. The van der Waals surface area contributed by atoms with E-state index in [9.17, 15) is 9.59 Å². The molecule has 0 amide bonds. The molecule has 0 spiro atoms. The zero-order valence-electron chi connectivity index (χ0n) is 22.4. The summed E-state index contributed by atoms with van der Waals surface area (Å²) in [6.07, 6.45) is 0.778. The molecule has 9 nitrogen and oxygen atoms in total. The summed E-state index contributed by atoms with van der Waals surface area (Å²) in [5.74, 6) is 0.348. The number of aryl methyl sites for hydroxylation is 2. The Balaban J connectivity index is 1.29. The summed E-state index contributed by atoms with van der Waals surface area (Å²) < 4.78 is 17.0. The van der Waals surface area contributed by atoms with E-state index in [1.807, 2.05) is 50.2 Å². The molecule has 0 aliphatic rings. The van der Waals surface area contributed by atoms with E-state index < -0.39 is 11.3 Å². The number of rotatable bonds is 6. The van der Waals surface area contributed by atoms with Crippen LogP contribution in [0.15, 0.2) is 91.2 Å². The molecule has 0 atom stereocenters. The molecule has 0 aliphatic heterocycles. The molecular weight excluding hydrogens is 520 g/mol. The van der Waals surface area contributed by atoms with Crippen LogP contribution < -0.4 is 27.5 Å². The Morgan fingerprint density at radius 3 is 1.51 bits per heavy atom. The van der Waals surface area contributed by atoms with Crippen LogP contribution >= 0.6 is 0 Å². The highest BCUT2D eigenvalue weighted by molar-refractivity contribution is 5.79. The lowest BCUT2D eigenvalue weighted by molar-refractivity contribution is 0.436. The fraction of sp³-hybridized carbons (Fsp3) is 0.125. The minimum Gasteiger partial charge on any atom is -0.420 e. The standard InChI is InChI=1S/C32H26N4O5/c1-17-23-9-11-27(35-29(23)40-31(37)25(17)15-19-5-3-7-21(33)13-19)39-28-12-10-24-18(2)26(32(38)41-30(24)36-28)16-20-6-4-8-22(34)14-20/h3-14H,15-16,33-34H2,1-2H3. The summed E-state index contributed by atoms with van der Waals surface area (Å²) in [5.41, 5.74) is 16.8. The van der Waals surface area contributed by atoms with Crippen LogP contribution in [0.1, 0.15) is 33.4 Å². The maximum Gasteiger partial charge on any atom is 0.341 e. The molecule has 0 fully saturated rings. The Labute approximate surface area is 234 Å². The first-order chi connectivity index (χ1) is 19.7. The first kappa shape index (κ1) is 25.8. The van der Waals surface area contributed by atoms with E-state index >= 15 is 0 Å². The van der Waals surface area contributed by atoms with Gasteiger partial charge in [0.05, 0.1) is 0 Å². The van der Waals surface area contributed by atoms with Crippen molar-refractivity contribution < 1.29 is 13.6 Å². The highest BCUT2D eigenvalue weighted by atomic mass is 16.5. The Morgan fingerprint density at radius 2 is 1.10 bits per heavy atom. The van der Waals surface area contributed by atoms with Crippen LogP contribution in [0.4, 0.5) is 11.4 Å². The fourth-order valence-electron chi connectivity index (χ4n) is 4.95. The van der Waals surface area contributed by atoms with Gasteiger partial charge in [-0.05, 0) is 72.5 Å². The first-order valence-electron chi connectivity index (χ1n) is 13.0. The quantitative estimate of drug-likeness (QED) is 0.260. The van der Waals surface area contributed by atoms with Crippen LogP contribution in [0, 0.1) is 13.8 Å².